The van der Waals surface area contributed by atoms with Gasteiger partial charge in [-0.1, -0.05) is 27.7 Å². The summed E-state index contributed by atoms with van der Waals surface area (Å²) in [6.07, 6.45) is 0.485. The molecule has 2 aromatic rings. The number of thioether (sulfide) groups is 1. The Labute approximate surface area is 129 Å². The van der Waals surface area contributed by atoms with Crippen molar-refractivity contribution in [1.82, 2.24) is 4.98 Å². The number of carbonyl (C=O) groups is 1. The number of hydrogen-bond acceptors (Lipinski definition) is 4. The second kappa shape index (κ2) is 7.07. The zero-order valence-corrected chi connectivity index (χ0v) is 13.6. The number of nitrogens with zero attached hydrogens (tertiary/aromatic N) is 1. The van der Waals surface area contributed by atoms with Gasteiger partial charge in [0.15, 0.2) is 0 Å². The molecule has 0 unspecified atom stereocenters. The fraction of sp³-hybridized carbons (Fsp3) is 0.231. The highest BCUT2D eigenvalue weighted by Gasteiger charge is 2.04. The lowest BCUT2D eigenvalue weighted by molar-refractivity contribution is -0.115. The summed E-state index contributed by atoms with van der Waals surface area (Å²) < 4.78 is 2.02. The van der Waals surface area contributed by atoms with Crippen LogP contribution < -0.4 is 5.32 Å². The van der Waals surface area contributed by atoms with E-state index < -0.39 is 0 Å². The molecule has 1 N–H and O–H groups in total. The molecule has 0 aliphatic carbocycles. The van der Waals surface area contributed by atoms with Crippen LogP contribution in [-0.4, -0.2) is 16.6 Å². The smallest absolute Gasteiger partial charge is 0.225 e. The minimum atomic E-state index is 0.0306. The van der Waals surface area contributed by atoms with Crippen LogP contribution in [0.2, 0.25) is 0 Å². The summed E-state index contributed by atoms with van der Waals surface area (Å²) in [6, 6.07) is 7.56. The summed E-state index contributed by atoms with van der Waals surface area (Å²) >= 11 is 6.60. The summed E-state index contributed by atoms with van der Waals surface area (Å²) in [4.78, 5) is 16.1. The molecule has 100 valence electrons. The normalized spacial score (nSPS) is 10.4. The first-order valence-corrected chi connectivity index (χ1v) is 8.39. The topological polar surface area (TPSA) is 42.0 Å². The maximum Gasteiger partial charge on any atom is 0.225 e. The molecule has 0 fully saturated rings. The lowest BCUT2D eigenvalue weighted by Gasteiger charge is -2.04. The Hall–Kier alpha value is -0.850. The molecule has 1 aromatic carbocycles. The largest absolute Gasteiger partial charge is 0.326 e. The Bertz CT molecular complexity index is 554. The molecule has 1 amide bonds. The zero-order chi connectivity index (χ0) is 13.7. The molecular formula is C13H13BrN2OS2. The standard InChI is InChI=1S/C13H13BrN2OS2/c1-9-8-19-13(15-9)18-7-6-12(17)16-11-4-2-10(14)3-5-11/h2-5,8H,6-7H2,1H3,(H,16,17). The average Bonchev–Trinajstić information content (AvgIpc) is 2.78. The van der Waals surface area contributed by atoms with Crippen LogP contribution in [0.25, 0.3) is 0 Å². The average molecular weight is 357 g/mol. The van der Waals surface area contributed by atoms with E-state index in [1.807, 2.05) is 36.6 Å². The lowest BCUT2D eigenvalue weighted by Crippen LogP contribution is -2.11. The SMILES string of the molecule is Cc1csc(SCCC(=O)Nc2ccc(Br)cc2)n1. The Morgan fingerprint density at radius 2 is 2.16 bits per heavy atom. The molecule has 0 saturated carbocycles. The molecule has 0 atom stereocenters. The third-order valence-corrected chi connectivity index (χ3v) is 4.95. The third kappa shape index (κ3) is 4.97. The van der Waals surface area contributed by atoms with Crippen LogP contribution in [0.4, 0.5) is 5.69 Å². The van der Waals surface area contributed by atoms with E-state index in [4.69, 9.17) is 0 Å². The van der Waals surface area contributed by atoms with Crippen molar-refractivity contribution in [3.05, 3.63) is 39.8 Å². The minimum absolute atomic E-state index is 0.0306. The number of nitrogens with one attached hydrogen (secondary N) is 1. The lowest BCUT2D eigenvalue weighted by atomic mass is 10.3. The Morgan fingerprint density at radius 3 is 2.79 bits per heavy atom. The fourth-order valence-electron chi connectivity index (χ4n) is 1.39. The van der Waals surface area contributed by atoms with E-state index in [0.717, 1.165) is 25.9 Å². The molecule has 0 aliphatic heterocycles. The van der Waals surface area contributed by atoms with Gasteiger partial charge in [0.05, 0.1) is 0 Å². The van der Waals surface area contributed by atoms with Crippen molar-refractivity contribution < 1.29 is 4.79 Å². The molecule has 6 heteroatoms. The van der Waals surface area contributed by atoms with E-state index in [1.165, 1.54) is 0 Å². The highest BCUT2D eigenvalue weighted by Crippen LogP contribution is 2.23. The Morgan fingerprint density at radius 1 is 1.42 bits per heavy atom. The maximum absolute atomic E-state index is 11.7. The van der Waals surface area contributed by atoms with Crippen molar-refractivity contribution in [2.24, 2.45) is 0 Å². The molecular weight excluding hydrogens is 344 g/mol. The molecule has 3 nitrogen and oxygen atoms in total. The van der Waals surface area contributed by atoms with Crippen molar-refractivity contribution in [2.45, 2.75) is 17.7 Å². The molecule has 1 heterocycles. The van der Waals surface area contributed by atoms with Gasteiger partial charge in [-0.15, -0.1) is 11.3 Å². The maximum atomic E-state index is 11.7. The summed E-state index contributed by atoms with van der Waals surface area (Å²) in [7, 11) is 0. The van der Waals surface area contributed by atoms with Gasteiger partial charge in [0.1, 0.15) is 4.34 Å². The number of rotatable bonds is 5. The van der Waals surface area contributed by atoms with E-state index in [-0.39, 0.29) is 5.91 Å². The van der Waals surface area contributed by atoms with Crippen molar-refractivity contribution in [2.75, 3.05) is 11.1 Å². The quantitative estimate of drug-likeness (QED) is 0.810. The molecule has 1 aromatic heterocycles. The Kier molecular flexibility index (Phi) is 5.42. The molecule has 0 bridgehead atoms. The van der Waals surface area contributed by atoms with Gasteiger partial charge in [0, 0.05) is 33.4 Å². The number of aryl methyl sites for hydroxylation is 1. The molecule has 0 spiro atoms. The van der Waals surface area contributed by atoms with Crippen LogP contribution in [0, 0.1) is 6.92 Å². The zero-order valence-electron chi connectivity index (χ0n) is 10.4. The van der Waals surface area contributed by atoms with Crippen molar-refractivity contribution in [3.8, 4) is 0 Å². The first kappa shape index (κ1) is 14.6. The molecule has 0 aliphatic rings. The molecule has 2 rings (SSSR count). The summed E-state index contributed by atoms with van der Waals surface area (Å²) in [5.74, 6) is 0.776. The van der Waals surface area contributed by atoms with Crippen LogP contribution >= 0.6 is 39.0 Å². The highest BCUT2D eigenvalue weighted by atomic mass is 79.9. The second-order valence-electron chi connectivity index (χ2n) is 3.91. The van der Waals surface area contributed by atoms with Gasteiger partial charge in [0.2, 0.25) is 5.91 Å². The van der Waals surface area contributed by atoms with Gasteiger partial charge < -0.3 is 5.32 Å². The van der Waals surface area contributed by atoms with Gasteiger partial charge in [-0.3, -0.25) is 4.79 Å². The van der Waals surface area contributed by atoms with E-state index in [2.05, 4.69) is 26.2 Å². The van der Waals surface area contributed by atoms with Crippen molar-refractivity contribution in [1.29, 1.82) is 0 Å². The predicted octanol–water partition coefficient (Wildman–Crippen LogP) is 4.33. The van der Waals surface area contributed by atoms with Crippen LogP contribution in [0.5, 0.6) is 0 Å². The second-order valence-corrected chi connectivity index (χ2v) is 7.02. The molecule has 19 heavy (non-hydrogen) atoms. The number of thiazole rings is 1. The number of benzene rings is 1. The first-order valence-electron chi connectivity index (χ1n) is 5.74. The van der Waals surface area contributed by atoms with Crippen molar-refractivity contribution >= 4 is 50.6 Å². The van der Waals surface area contributed by atoms with E-state index in [1.54, 1.807) is 23.1 Å². The molecule has 0 radical (unpaired) electrons. The third-order valence-electron chi connectivity index (χ3n) is 2.28. The summed E-state index contributed by atoms with van der Waals surface area (Å²) in [5.41, 5.74) is 1.86. The Balaban J connectivity index is 1.74. The minimum Gasteiger partial charge on any atom is -0.326 e. The monoisotopic (exact) mass is 356 g/mol. The van der Waals surface area contributed by atoms with Crippen LogP contribution in [0.3, 0.4) is 0 Å². The van der Waals surface area contributed by atoms with Gasteiger partial charge >= 0.3 is 0 Å². The molecule has 0 saturated heterocycles. The van der Waals surface area contributed by atoms with Crippen LogP contribution in [0.1, 0.15) is 12.1 Å². The van der Waals surface area contributed by atoms with E-state index >= 15 is 0 Å². The van der Waals surface area contributed by atoms with Gasteiger partial charge in [-0.2, -0.15) is 0 Å². The first-order chi connectivity index (χ1) is 9.13. The predicted molar refractivity (Wildman–Crippen MR) is 85.0 cm³/mol. The fourth-order valence-corrected chi connectivity index (χ4v) is 3.51. The van der Waals surface area contributed by atoms with E-state index in [9.17, 15) is 4.79 Å². The number of hydrogen-bond donors (Lipinski definition) is 1. The van der Waals surface area contributed by atoms with E-state index in [0.29, 0.717) is 6.42 Å². The number of anilines is 1. The van der Waals surface area contributed by atoms with Gasteiger partial charge in [-0.25, -0.2) is 4.98 Å². The summed E-state index contributed by atoms with van der Waals surface area (Å²) in [6.45, 7) is 1.97. The number of carbonyl (C=O) groups excluding carboxylic acids is 1. The summed E-state index contributed by atoms with van der Waals surface area (Å²) in [5, 5.41) is 4.89. The number of amides is 1. The van der Waals surface area contributed by atoms with Crippen molar-refractivity contribution in [3.63, 3.8) is 0 Å². The van der Waals surface area contributed by atoms with Crippen LogP contribution in [0.15, 0.2) is 38.5 Å². The van der Waals surface area contributed by atoms with Gasteiger partial charge in [0.25, 0.3) is 0 Å². The highest BCUT2D eigenvalue weighted by molar-refractivity contribution is 9.10. The van der Waals surface area contributed by atoms with Gasteiger partial charge in [-0.05, 0) is 31.2 Å². The van der Waals surface area contributed by atoms with Crippen LogP contribution in [-0.2, 0) is 4.79 Å². The number of halogens is 1. The number of aromatic nitrogens is 1.